The number of carbonyl (C=O) groups is 1. The van der Waals surface area contributed by atoms with Crippen molar-refractivity contribution in [3.8, 4) is 0 Å². The molecule has 22 heavy (non-hydrogen) atoms. The van der Waals surface area contributed by atoms with Gasteiger partial charge in [0, 0.05) is 13.1 Å². The van der Waals surface area contributed by atoms with E-state index in [0.717, 1.165) is 56.4 Å². The van der Waals surface area contributed by atoms with Crippen LogP contribution in [-0.4, -0.2) is 24.2 Å². The summed E-state index contributed by atoms with van der Waals surface area (Å²) in [6.45, 7) is 2.09. The van der Waals surface area contributed by atoms with E-state index in [9.17, 15) is 9.90 Å². The van der Waals surface area contributed by atoms with Gasteiger partial charge in [-0.2, -0.15) is 0 Å². The van der Waals surface area contributed by atoms with Gasteiger partial charge in [0.1, 0.15) is 0 Å². The maximum Gasteiger partial charge on any atom is 0.314 e. The third-order valence-corrected chi connectivity index (χ3v) is 5.62. The highest BCUT2D eigenvalue weighted by Gasteiger charge is 2.41. The van der Waals surface area contributed by atoms with Crippen molar-refractivity contribution in [1.82, 2.24) is 0 Å². The molecule has 1 saturated heterocycles. The van der Waals surface area contributed by atoms with Crippen LogP contribution in [0.25, 0.3) is 0 Å². The number of piperidine rings is 1. The van der Waals surface area contributed by atoms with E-state index >= 15 is 0 Å². The lowest BCUT2D eigenvalue weighted by Gasteiger charge is -2.35. The summed E-state index contributed by atoms with van der Waals surface area (Å²) in [5.41, 5.74) is 1.20. The van der Waals surface area contributed by atoms with E-state index in [1.165, 1.54) is 19.3 Å². The molecule has 1 aliphatic heterocycles. The highest BCUT2D eigenvalue weighted by atomic mass is 35.5. The van der Waals surface area contributed by atoms with E-state index in [2.05, 4.69) is 4.90 Å². The van der Waals surface area contributed by atoms with Crippen molar-refractivity contribution < 1.29 is 9.90 Å². The van der Waals surface area contributed by atoms with Crippen LogP contribution in [0.5, 0.6) is 0 Å². The maximum atomic E-state index is 11.9. The van der Waals surface area contributed by atoms with Crippen molar-refractivity contribution in [3.63, 3.8) is 0 Å². The first-order valence-electron chi connectivity index (χ1n) is 8.42. The van der Waals surface area contributed by atoms with Crippen molar-refractivity contribution in [2.45, 2.75) is 56.8 Å². The Morgan fingerprint density at radius 3 is 2.27 bits per heavy atom. The van der Waals surface area contributed by atoms with Gasteiger partial charge < -0.3 is 10.0 Å². The summed E-state index contributed by atoms with van der Waals surface area (Å²) < 4.78 is 0. The van der Waals surface area contributed by atoms with E-state index in [4.69, 9.17) is 11.6 Å². The molecule has 2 fully saturated rings. The number of nitrogens with zero attached hydrogens (tertiary/aromatic N) is 1. The molecule has 3 rings (SSSR count). The van der Waals surface area contributed by atoms with Crippen LogP contribution in [0, 0.1) is 0 Å². The van der Waals surface area contributed by atoms with Crippen LogP contribution in [0.15, 0.2) is 18.2 Å². The first-order chi connectivity index (χ1) is 10.6. The Labute approximate surface area is 137 Å². The number of hydrogen-bond donors (Lipinski definition) is 1. The zero-order valence-corrected chi connectivity index (χ0v) is 13.7. The van der Waals surface area contributed by atoms with Gasteiger partial charge in [-0.05, 0) is 49.8 Å². The van der Waals surface area contributed by atoms with Crippen molar-refractivity contribution in [2.24, 2.45) is 0 Å². The van der Waals surface area contributed by atoms with Crippen LogP contribution in [-0.2, 0) is 10.2 Å². The molecule has 1 N–H and O–H groups in total. The SMILES string of the molecule is O=C(O)C1(c2ccc(N3CCCCC3)c(Cl)c2)CCCCC1. The maximum absolute atomic E-state index is 11.9. The Kier molecular flexibility index (Phi) is 4.62. The summed E-state index contributed by atoms with van der Waals surface area (Å²) >= 11 is 6.51. The summed E-state index contributed by atoms with van der Waals surface area (Å²) in [6, 6.07) is 5.93. The van der Waals surface area contributed by atoms with Gasteiger partial charge in [-0.15, -0.1) is 0 Å². The molecule has 4 heteroatoms. The minimum Gasteiger partial charge on any atom is -0.481 e. The molecule has 0 amide bonds. The predicted octanol–water partition coefficient (Wildman–Crippen LogP) is 4.62. The van der Waals surface area contributed by atoms with E-state index in [1.54, 1.807) is 0 Å². The fourth-order valence-electron chi connectivity index (χ4n) is 3.98. The number of hydrogen-bond acceptors (Lipinski definition) is 2. The number of benzene rings is 1. The predicted molar refractivity (Wildman–Crippen MR) is 89.9 cm³/mol. The molecule has 3 nitrogen and oxygen atoms in total. The molecule has 1 aliphatic carbocycles. The fraction of sp³-hybridized carbons (Fsp3) is 0.611. The Hall–Kier alpha value is -1.22. The monoisotopic (exact) mass is 321 g/mol. The largest absolute Gasteiger partial charge is 0.481 e. The molecular weight excluding hydrogens is 298 g/mol. The number of carboxylic acids is 1. The van der Waals surface area contributed by atoms with Gasteiger partial charge in [-0.1, -0.05) is 36.9 Å². The number of anilines is 1. The lowest BCUT2D eigenvalue weighted by atomic mass is 9.69. The molecule has 0 aromatic heterocycles. The van der Waals surface area contributed by atoms with Gasteiger partial charge in [-0.3, -0.25) is 4.79 Å². The molecular formula is C18H24ClNO2. The van der Waals surface area contributed by atoms with Crippen LogP contribution in [0.1, 0.15) is 56.9 Å². The first-order valence-corrected chi connectivity index (χ1v) is 8.80. The lowest BCUT2D eigenvalue weighted by Crippen LogP contribution is -2.38. The molecule has 0 unspecified atom stereocenters. The molecule has 0 spiro atoms. The fourth-order valence-corrected chi connectivity index (χ4v) is 4.28. The Balaban J connectivity index is 1.91. The normalized spacial score (nSPS) is 21.6. The second-order valence-electron chi connectivity index (χ2n) is 6.66. The second-order valence-corrected chi connectivity index (χ2v) is 7.07. The van der Waals surface area contributed by atoms with Crippen LogP contribution in [0.2, 0.25) is 5.02 Å². The highest BCUT2D eigenvalue weighted by Crippen LogP contribution is 2.42. The average Bonchev–Trinajstić information content (AvgIpc) is 2.56. The highest BCUT2D eigenvalue weighted by molar-refractivity contribution is 6.33. The number of halogens is 1. The summed E-state index contributed by atoms with van der Waals surface area (Å²) in [7, 11) is 0. The Bertz CT molecular complexity index is 546. The summed E-state index contributed by atoms with van der Waals surface area (Å²) in [5, 5.41) is 10.5. The number of rotatable bonds is 3. The Morgan fingerprint density at radius 2 is 1.68 bits per heavy atom. The van der Waals surface area contributed by atoms with Crippen molar-refractivity contribution >= 4 is 23.3 Å². The van der Waals surface area contributed by atoms with Gasteiger partial charge in [0.05, 0.1) is 16.1 Å². The van der Waals surface area contributed by atoms with Crippen LogP contribution < -0.4 is 4.90 Å². The van der Waals surface area contributed by atoms with Crippen LogP contribution >= 0.6 is 11.6 Å². The van der Waals surface area contributed by atoms with Gasteiger partial charge in [0.2, 0.25) is 0 Å². The van der Waals surface area contributed by atoms with Gasteiger partial charge in [0.25, 0.3) is 0 Å². The zero-order valence-electron chi connectivity index (χ0n) is 13.0. The van der Waals surface area contributed by atoms with E-state index < -0.39 is 11.4 Å². The minimum atomic E-state index is -0.734. The third-order valence-electron chi connectivity index (χ3n) is 5.31. The number of carboxylic acid groups (broad SMARTS) is 1. The standard InChI is InChI=1S/C18H24ClNO2/c19-15-13-14(18(17(21)22)9-3-1-4-10-18)7-8-16(15)20-11-5-2-6-12-20/h7-8,13H,1-6,9-12H2,(H,21,22). The summed E-state index contributed by atoms with van der Waals surface area (Å²) in [5.74, 6) is -0.700. The smallest absolute Gasteiger partial charge is 0.314 e. The summed E-state index contributed by atoms with van der Waals surface area (Å²) in [6.07, 6.45) is 8.25. The molecule has 1 saturated carbocycles. The van der Waals surface area contributed by atoms with Gasteiger partial charge >= 0.3 is 5.97 Å². The molecule has 1 aromatic carbocycles. The molecule has 0 bridgehead atoms. The summed E-state index contributed by atoms with van der Waals surface area (Å²) in [4.78, 5) is 14.2. The Morgan fingerprint density at radius 1 is 1.05 bits per heavy atom. The molecule has 1 aromatic rings. The van der Waals surface area contributed by atoms with Crippen LogP contribution in [0.4, 0.5) is 5.69 Å². The zero-order chi connectivity index (χ0) is 15.6. The van der Waals surface area contributed by atoms with E-state index in [0.29, 0.717) is 5.02 Å². The molecule has 120 valence electrons. The molecule has 2 aliphatic rings. The second kappa shape index (κ2) is 6.49. The van der Waals surface area contributed by atoms with Crippen LogP contribution in [0.3, 0.4) is 0 Å². The van der Waals surface area contributed by atoms with E-state index in [-0.39, 0.29) is 0 Å². The molecule has 1 heterocycles. The minimum absolute atomic E-state index is 0.700. The van der Waals surface area contributed by atoms with Crippen molar-refractivity contribution in [1.29, 1.82) is 0 Å². The van der Waals surface area contributed by atoms with Crippen molar-refractivity contribution in [3.05, 3.63) is 28.8 Å². The van der Waals surface area contributed by atoms with Crippen molar-refractivity contribution in [2.75, 3.05) is 18.0 Å². The molecule has 0 radical (unpaired) electrons. The topological polar surface area (TPSA) is 40.5 Å². The molecule has 0 atom stereocenters. The van der Waals surface area contributed by atoms with Gasteiger partial charge in [0.15, 0.2) is 0 Å². The van der Waals surface area contributed by atoms with Gasteiger partial charge in [-0.25, -0.2) is 0 Å². The first kappa shape index (κ1) is 15.7. The average molecular weight is 322 g/mol. The lowest BCUT2D eigenvalue weighted by molar-refractivity contribution is -0.145. The third kappa shape index (κ3) is 2.83. The van der Waals surface area contributed by atoms with E-state index in [1.807, 2.05) is 18.2 Å². The quantitative estimate of drug-likeness (QED) is 0.883. The number of aliphatic carboxylic acids is 1.